The van der Waals surface area contributed by atoms with E-state index in [0.29, 0.717) is 42.9 Å². The van der Waals surface area contributed by atoms with E-state index >= 15 is 0 Å². The first-order valence-electron chi connectivity index (χ1n) is 15.4. The van der Waals surface area contributed by atoms with E-state index in [4.69, 9.17) is 9.47 Å². The van der Waals surface area contributed by atoms with Crippen molar-refractivity contribution >= 4 is 36.4 Å². The van der Waals surface area contributed by atoms with E-state index in [1.807, 2.05) is 30.5 Å². The summed E-state index contributed by atoms with van der Waals surface area (Å²) in [4.78, 5) is 28.7. The SMILES string of the molecule is C=CCN1C(=O)[C@]2(O[C@H](CCn3cc(CCO)nn3)[C@@H]([Si](C)(C)c3ccc(OC)cc3)[C@@H]2C)c2cc(NC(=O)[C@H](C)O)ccc21. The van der Waals surface area contributed by atoms with Crippen molar-refractivity contribution in [2.24, 2.45) is 5.92 Å². The van der Waals surface area contributed by atoms with Crippen LogP contribution in [0.15, 0.2) is 61.3 Å². The highest BCUT2D eigenvalue weighted by molar-refractivity contribution is 6.91. The molecule has 11 nitrogen and oxygen atoms in total. The van der Waals surface area contributed by atoms with Crippen molar-refractivity contribution in [3.8, 4) is 5.75 Å². The summed E-state index contributed by atoms with van der Waals surface area (Å²) in [5, 5.41) is 31.6. The molecule has 3 aromatic rings. The molecule has 5 atom stereocenters. The Morgan fingerprint density at radius 1 is 1.27 bits per heavy atom. The molecular formula is C33H43N5O6Si. The van der Waals surface area contributed by atoms with Crippen molar-refractivity contribution in [2.75, 3.05) is 30.5 Å². The number of anilines is 2. The van der Waals surface area contributed by atoms with Crippen LogP contribution in [0.5, 0.6) is 5.75 Å². The lowest BCUT2D eigenvalue weighted by Gasteiger charge is -2.37. The van der Waals surface area contributed by atoms with Gasteiger partial charge in [-0.3, -0.25) is 14.3 Å². The smallest absolute Gasteiger partial charge is 0.264 e. The average molecular weight is 634 g/mol. The lowest BCUT2D eigenvalue weighted by molar-refractivity contribution is -0.145. The number of rotatable bonds is 12. The number of carbonyl (C=O) groups is 2. The Balaban J connectivity index is 1.59. The van der Waals surface area contributed by atoms with Crippen LogP contribution in [-0.4, -0.2) is 77.6 Å². The van der Waals surface area contributed by atoms with Crippen LogP contribution in [0.4, 0.5) is 11.4 Å². The van der Waals surface area contributed by atoms with E-state index in [2.05, 4.69) is 54.4 Å². The van der Waals surface area contributed by atoms with Gasteiger partial charge in [-0.2, -0.15) is 0 Å². The Kier molecular flexibility index (Phi) is 9.31. The number of aliphatic hydroxyl groups is 2. The monoisotopic (exact) mass is 633 g/mol. The summed E-state index contributed by atoms with van der Waals surface area (Å²) in [6, 6.07) is 13.6. The number of aliphatic hydroxyl groups excluding tert-OH is 2. The van der Waals surface area contributed by atoms with Crippen LogP contribution >= 0.6 is 0 Å². The number of nitrogens with one attached hydrogen (secondary N) is 1. The molecule has 0 radical (unpaired) electrons. The molecule has 0 bridgehead atoms. The second-order valence-corrected chi connectivity index (χ2v) is 17.2. The minimum absolute atomic E-state index is 0.00340. The lowest BCUT2D eigenvalue weighted by Crippen LogP contribution is -2.52. The molecule has 2 aliphatic rings. The van der Waals surface area contributed by atoms with Gasteiger partial charge in [0.25, 0.3) is 11.8 Å². The van der Waals surface area contributed by atoms with Crippen molar-refractivity contribution < 1.29 is 29.3 Å². The molecule has 2 amide bonds. The number of carbonyl (C=O) groups excluding carboxylic acids is 2. The number of aryl methyl sites for hydroxylation is 1. The van der Waals surface area contributed by atoms with E-state index in [1.54, 1.807) is 28.8 Å². The summed E-state index contributed by atoms with van der Waals surface area (Å²) in [7, 11) is -0.697. The van der Waals surface area contributed by atoms with E-state index in [0.717, 1.165) is 11.4 Å². The molecular weight excluding hydrogens is 590 g/mol. The minimum Gasteiger partial charge on any atom is -0.497 e. The van der Waals surface area contributed by atoms with E-state index < -0.39 is 25.7 Å². The number of aromatic nitrogens is 3. The lowest BCUT2D eigenvalue weighted by atomic mass is 9.82. The van der Waals surface area contributed by atoms with Gasteiger partial charge in [-0.05, 0) is 49.2 Å². The molecule has 240 valence electrons. The zero-order valence-electron chi connectivity index (χ0n) is 26.6. The fourth-order valence-corrected chi connectivity index (χ4v) is 11.2. The molecule has 1 fully saturated rings. The zero-order valence-corrected chi connectivity index (χ0v) is 27.6. The highest BCUT2D eigenvalue weighted by Crippen LogP contribution is 2.60. The molecule has 3 N–H and O–H groups in total. The van der Waals surface area contributed by atoms with Gasteiger partial charge in [0, 0.05) is 49.5 Å². The molecule has 5 rings (SSSR count). The number of hydrogen-bond acceptors (Lipinski definition) is 8. The predicted octanol–water partition coefficient (Wildman–Crippen LogP) is 2.98. The maximum absolute atomic E-state index is 14.6. The zero-order chi connectivity index (χ0) is 32.5. The number of hydrogen-bond donors (Lipinski definition) is 3. The molecule has 0 aliphatic carbocycles. The number of amides is 2. The standard InChI is InChI=1S/C33H43N5O6Si/c1-7-16-38-28-13-8-23(34-31(41)22(3)40)19-27(28)33(32(38)42)21(2)30(45(5,6)26-11-9-25(43-4)10-12-26)29(44-33)14-17-37-20-24(15-18-39)35-36-37/h7-13,19-22,29-30,39-40H,1,14-18H2,2-6H3,(H,34,41)/t21-,22-,29+,30-,33+/m0/s1. The van der Waals surface area contributed by atoms with Crippen molar-refractivity contribution in [2.45, 2.75) is 69.7 Å². The number of benzene rings is 2. The molecule has 1 saturated heterocycles. The van der Waals surface area contributed by atoms with Gasteiger partial charge in [0.1, 0.15) is 11.9 Å². The first-order chi connectivity index (χ1) is 21.5. The Bertz CT molecular complexity index is 1560. The first-order valence-corrected chi connectivity index (χ1v) is 18.4. The highest BCUT2D eigenvalue weighted by atomic mass is 28.3. The Morgan fingerprint density at radius 3 is 2.64 bits per heavy atom. The molecule has 45 heavy (non-hydrogen) atoms. The van der Waals surface area contributed by atoms with Gasteiger partial charge in [0.15, 0.2) is 5.60 Å². The summed E-state index contributed by atoms with van der Waals surface area (Å²) >= 11 is 0. The third-order valence-electron chi connectivity index (χ3n) is 9.39. The second kappa shape index (κ2) is 12.9. The van der Waals surface area contributed by atoms with Crippen molar-refractivity contribution in [1.29, 1.82) is 0 Å². The van der Waals surface area contributed by atoms with Crippen molar-refractivity contribution in [1.82, 2.24) is 15.0 Å². The molecule has 3 heterocycles. The quantitative estimate of drug-likeness (QED) is 0.204. The Hall–Kier alpha value is -3.84. The van der Waals surface area contributed by atoms with Crippen LogP contribution in [0, 0.1) is 5.92 Å². The fraction of sp³-hybridized carbons (Fsp3) is 0.455. The van der Waals surface area contributed by atoms with Crippen LogP contribution < -0.4 is 20.1 Å². The van der Waals surface area contributed by atoms with Crippen molar-refractivity contribution in [3.05, 3.63) is 72.6 Å². The average Bonchev–Trinajstić information content (AvgIpc) is 3.66. The van der Waals surface area contributed by atoms with Gasteiger partial charge in [-0.25, -0.2) is 0 Å². The van der Waals surface area contributed by atoms with Crippen LogP contribution in [-0.2, 0) is 32.9 Å². The summed E-state index contributed by atoms with van der Waals surface area (Å²) < 4.78 is 14.3. The van der Waals surface area contributed by atoms with Gasteiger partial charge < -0.3 is 29.9 Å². The van der Waals surface area contributed by atoms with Crippen LogP contribution in [0.25, 0.3) is 0 Å². The fourth-order valence-electron chi connectivity index (χ4n) is 7.15. The van der Waals surface area contributed by atoms with E-state index in [-0.39, 0.29) is 30.1 Å². The molecule has 12 heteroatoms. The summed E-state index contributed by atoms with van der Waals surface area (Å²) in [5.41, 5.74) is 1.33. The van der Waals surface area contributed by atoms with Crippen molar-refractivity contribution in [3.63, 3.8) is 0 Å². The molecule has 1 aromatic heterocycles. The molecule has 0 saturated carbocycles. The largest absolute Gasteiger partial charge is 0.497 e. The third-order valence-corrected chi connectivity index (χ3v) is 13.8. The highest BCUT2D eigenvalue weighted by Gasteiger charge is 2.66. The van der Waals surface area contributed by atoms with Gasteiger partial charge in [0.05, 0.1) is 32.7 Å². The van der Waals surface area contributed by atoms with Gasteiger partial charge in [-0.15, -0.1) is 11.7 Å². The topological polar surface area (TPSA) is 139 Å². The summed E-state index contributed by atoms with van der Waals surface area (Å²) in [5.74, 6) is -0.129. The first kappa shape index (κ1) is 32.5. The maximum atomic E-state index is 14.6. The predicted molar refractivity (Wildman–Crippen MR) is 174 cm³/mol. The van der Waals surface area contributed by atoms with Gasteiger partial charge in [0.2, 0.25) is 0 Å². The number of ether oxygens (including phenoxy) is 2. The van der Waals surface area contributed by atoms with Gasteiger partial charge >= 0.3 is 0 Å². The third kappa shape index (κ3) is 5.83. The number of methoxy groups -OCH3 is 1. The maximum Gasteiger partial charge on any atom is 0.264 e. The van der Waals surface area contributed by atoms with Gasteiger partial charge in [-0.1, -0.05) is 48.6 Å². The van der Waals surface area contributed by atoms with E-state index in [9.17, 15) is 19.8 Å². The molecule has 2 aliphatic heterocycles. The second-order valence-electron chi connectivity index (χ2n) is 12.5. The van der Waals surface area contributed by atoms with Crippen LogP contribution in [0.1, 0.15) is 31.5 Å². The number of fused-ring (bicyclic) bond motifs is 2. The van der Waals surface area contributed by atoms with Crippen LogP contribution in [0.2, 0.25) is 18.6 Å². The molecule has 2 aromatic carbocycles. The molecule has 1 spiro atoms. The normalized spacial score (nSPS) is 23.3. The molecule has 0 unspecified atom stereocenters. The minimum atomic E-state index is -2.35. The Labute approximate surface area is 264 Å². The Morgan fingerprint density at radius 2 is 2.00 bits per heavy atom. The van der Waals surface area contributed by atoms with Crippen LogP contribution in [0.3, 0.4) is 0 Å². The van der Waals surface area contributed by atoms with E-state index in [1.165, 1.54) is 12.1 Å². The summed E-state index contributed by atoms with van der Waals surface area (Å²) in [6.07, 6.45) is 3.07. The number of nitrogens with zero attached hydrogens (tertiary/aromatic N) is 4. The summed E-state index contributed by atoms with van der Waals surface area (Å²) in [6.45, 7) is 12.9.